The first-order valence-corrected chi connectivity index (χ1v) is 7.77. The third kappa shape index (κ3) is 5.05. The fourth-order valence-corrected chi connectivity index (χ4v) is 2.74. The van der Waals surface area contributed by atoms with Gasteiger partial charge in [-0.05, 0) is 31.4 Å². The summed E-state index contributed by atoms with van der Waals surface area (Å²) in [6.07, 6.45) is 5.95. The van der Waals surface area contributed by atoms with E-state index in [0.29, 0.717) is 6.54 Å². The standard InChI is InChI=1S/C17H25NO3/c1-14-8-4-5-9-15(14)21-12-16(19)18-13-17(20)10-6-2-3-7-11-17/h4-5,8-9,20H,2-3,6-7,10-13H2,1H3,(H,18,19). The molecular formula is C17H25NO3. The lowest BCUT2D eigenvalue weighted by atomic mass is 9.94. The van der Waals surface area contributed by atoms with Gasteiger partial charge >= 0.3 is 0 Å². The Bertz CT molecular complexity index is 465. The zero-order valence-electron chi connectivity index (χ0n) is 12.7. The highest BCUT2D eigenvalue weighted by Gasteiger charge is 2.28. The predicted molar refractivity (Wildman–Crippen MR) is 82.3 cm³/mol. The molecule has 0 spiro atoms. The Labute approximate surface area is 126 Å². The number of aliphatic hydroxyl groups is 1. The van der Waals surface area contributed by atoms with Crippen LogP contribution in [-0.2, 0) is 4.79 Å². The Morgan fingerprint density at radius 1 is 1.24 bits per heavy atom. The number of hydrogen-bond donors (Lipinski definition) is 2. The molecule has 4 nitrogen and oxygen atoms in total. The van der Waals surface area contributed by atoms with Crippen molar-refractivity contribution < 1.29 is 14.6 Å². The van der Waals surface area contributed by atoms with Gasteiger partial charge in [0, 0.05) is 6.54 Å². The van der Waals surface area contributed by atoms with Crippen LogP contribution >= 0.6 is 0 Å². The van der Waals surface area contributed by atoms with Crippen molar-refractivity contribution >= 4 is 5.91 Å². The molecule has 2 rings (SSSR count). The number of hydrogen-bond acceptors (Lipinski definition) is 3. The van der Waals surface area contributed by atoms with Crippen molar-refractivity contribution in [3.8, 4) is 5.75 Å². The summed E-state index contributed by atoms with van der Waals surface area (Å²) in [7, 11) is 0. The van der Waals surface area contributed by atoms with Crippen LogP contribution in [0.4, 0.5) is 0 Å². The normalized spacial score (nSPS) is 17.8. The molecule has 0 bridgehead atoms. The first kappa shape index (κ1) is 15.8. The van der Waals surface area contributed by atoms with E-state index in [4.69, 9.17) is 4.74 Å². The predicted octanol–water partition coefficient (Wildman–Crippen LogP) is 2.58. The summed E-state index contributed by atoms with van der Waals surface area (Å²) in [5.41, 5.74) is 0.266. The minimum absolute atomic E-state index is 0.0130. The van der Waals surface area contributed by atoms with E-state index in [9.17, 15) is 9.90 Å². The second-order valence-corrected chi connectivity index (χ2v) is 5.97. The molecule has 1 saturated carbocycles. The molecule has 1 amide bonds. The smallest absolute Gasteiger partial charge is 0.258 e. The highest BCUT2D eigenvalue weighted by molar-refractivity contribution is 5.77. The fraction of sp³-hybridized carbons (Fsp3) is 0.588. The molecule has 0 saturated heterocycles. The van der Waals surface area contributed by atoms with Crippen LogP contribution in [0.25, 0.3) is 0 Å². The lowest BCUT2D eigenvalue weighted by Crippen LogP contribution is -2.44. The maximum Gasteiger partial charge on any atom is 0.258 e. The summed E-state index contributed by atoms with van der Waals surface area (Å²) in [6.45, 7) is 2.26. The molecule has 0 atom stereocenters. The van der Waals surface area contributed by atoms with E-state index in [1.54, 1.807) is 0 Å². The molecule has 1 fully saturated rings. The van der Waals surface area contributed by atoms with E-state index in [1.807, 2.05) is 31.2 Å². The molecule has 1 aliphatic rings. The van der Waals surface area contributed by atoms with Gasteiger partial charge in [0.2, 0.25) is 0 Å². The Kier molecular flexibility index (Phi) is 5.62. The molecule has 0 aliphatic heterocycles. The highest BCUT2D eigenvalue weighted by atomic mass is 16.5. The van der Waals surface area contributed by atoms with E-state index >= 15 is 0 Å². The van der Waals surface area contributed by atoms with Crippen LogP contribution in [-0.4, -0.2) is 29.8 Å². The van der Waals surface area contributed by atoms with Gasteiger partial charge in [0.05, 0.1) is 5.60 Å². The maximum atomic E-state index is 11.9. The number of para-hydroxylation sites is 1. The zero-order valence-corrected chi connectivity index (χ0v) is 12.7. The Morgan fingerprint density at radius 3 is 2.57 bits per heavy atom. The molecule has 21 heavy (non-hydrogen) atoms. The summed E-state index contributed by atoms with van der Waals surface area (Å²) in [4.78, 5) is 11.9. The number of amides is 1. The minimum Gasteiger partial charge on any atom is -0.484 e. The van der Waals surface area contributed by atoms with Crippen molar-refractivity contribution in [1.29, 1.82) is 0 Å². The summed E-state index contributed by atoms with van der Waals surface area (Å²) in [5.74, 6) is 0.539. The van der Waals surface area contributed by atoms with Crippen molar-refractivity contribution in [2.45, 2.75) is 51.0 Å². The zero-order chi connectivity index (χ0) is 15.1. The van der Waals surface area contributed by atoms with Crippen LogP contribution in [0.1, 0.15) is 44.1 Å². The average Bonchev–Trinajstić information content (AvgIpc) is 2.70. The summed E-state index contributed by atoms with van der Waals surface area (Å²) >= 11 is 0. The summed E-state index contributed by atoms with van der Waals surface area (Å²) in [5, 5.41) is 13.3. The van der Waals surface area contributed by atoms with E-state index < -0.39 is 5.60 Å². The van der Waals surface area contributed by atoms with Crippen LogP contribution in [0.2, 0.25) is 0 Å². The minimum atomic E-state index is -0.741. The van der Waals surface area contributed by atoms with Crippen LogP contribution < -0.4 is 10.1 Å². The Balaban J connectivity index is 1.75. The molecule has 1 aromatic carbocycles. The summed E-state index contributed by atoms with van der Waals surface area (Å²) < 4.78 is 5.50. The van der Waals surface area contributed by atoms with E-state index in [0.717, 1.165) is 37.0 Å². The van der Waals surface area contributed by atoms with Crippen molar-refractivity contribution in [2.75, 3.05) is 13.2 Å². The van der Waals surface area contributed by atoms with Gasteiger partial charge in [0.15, 0.2) is 6.61 Å². The molecule has 1 aliphatic carbocycles. The maximum absolute atomic E-state index is 11.9. The number of carbonyl (C=O) groups is 1. The van der Waals surface area contributed by atoms with Gasteiger partial charge in [-0.3, -0.25) is 4.79 Å². The van der Waals surface area contributed by atoms with E-state index in [1.165, 1.54) is 12.8 Å². The topological polar surface area (TPSA) is 58.6 Å². The number of benzene rings is 1. The number of carbonyl (C=O) groups excluding carboxylic acids is 1. The van der Waals surface area contributed by atoms with Gasteiger partial charge in [-0.15, -0.1) is 0 Å². The second kappa shape index (κ2) is 7.46. The molecule has 0 heterocycles. The van der Waals surface area contributed by atoms with E-state index in [-0.39, 0.29) is 12.5 Å². The molecular weight excluding hydrogens is 266 g/mol. The molecule has 2 N–H and O–H groups in total. The average molecular weight is 291 g/mol. The first-order chi connectivity index (χ1) is 10.1. The van der Waals surface area contributed by atoms with Crippen LogP contribution in [0.15, 0.2) is 24.3 Å². The molecule has 4 heteroatoms. The van der Waals surface area contributed by atoms with Gasteiger partial charge < -0.3 is 15.2 Å². The first-order valence-electron chi connectivity index (χ1n) is 7.77. The molecule has 1 aromatic rings. The van der Waals surface area contributed by atoms with Crippen molar-refractivity contribution in [2.24, 2.45) is 0 Å². The quantitative estimate of drug-likeness (QED) is 0.820. The van der Waals surface area contributed by atoms with Crippen LogP contribution in [0.5, 0.6) is 5.75 Å². The number of ether oxygens (including phenoxy) is 1. The lowest BCUT2D eigenvalue weighted by molar-refractivity contribution is -0.124. The largest absolute Gasteiger partial charge is 0.484 e. The molecule has 0 radical (unpaired) electrons. The molecule has 116 valence electrons. The summed E-state index contributed by atoms with van der Waals surface area (Å²) in [6, 6.07) is 7.61. The number of aryl methyl sites for hydroxylation is 1. The number of nitrogens with one attached hydrogen (secondary N) is 1. The van der Waals surface area contributed by atoms with Gasteiger partial charge in [0.25, 0.3) is 5.91 Å². The van der Waals surface area contributed by atoms with Gasteiger partial charge in [-0.1, -0.05) is 43.9 Å². The number of rotatable bonds is 5. The molecule has 0 unspecified atom stereocenters. The Hall–Kier alpha value is -1.55. The monoisotopic (exact) mass is 291 g/mol. The highest BCUT2D eigenvalue weighted by Crippen LogP contribution is 2.26. The lowest BCUT2D eigenvalue weighted by Gasteiger charge is -2.26. The van der Waals surface area contributed by atoms with Gasteiger partial charge in [-0.25, -0.2) is 0 Å². The van der Waals surface area contributed by atoms with Crippen molar-refractivity contribution in [3.05, 3.63) is 29.8 Å². The van der Waals surface area contributed by atoms with Gasteiger partial charge in [-0.2, -0.15) is 0 Å². The van der Waals surface area contributed by atoms with Gasteiger partial charge in [0.1, 0.15) is 5.75 Å². The fourth-order valence-electron chi connectivity index (χ4n) is 2.74. The van der Waals surface area contributed by atoms with E-state index in [2.05, 4.69) is 5.32 Å². The third-order valence-corrected chi connectivity index (χ3v) is 4.10. The van der Waals surface area contributed by atoms with Crippen molar-refractivity contribution in [1.82, 2.24) is 5.32 Å². The Morgan fingerprint density at radius 2 is 1.90 bits per heavy atom. The molecule has 0 aromatic heterocycles. The second-order valence-electron chi connectivity index (χ2n) is 5.97. The van der Waals surface area contributed by atoms with Crippen LogP contribution in [0, 0.1) is 6.92 Å². The van der Waals surface area contributed by atoms with Crippen molar-refractivity contribution in [3.63, 3.8) is 0 Å². The SMILES string of the molecule is Cc1ccccc1OCC(=O)NCC1(O)CCCCCC1. The third-order valence-electron chi connectivity index (χ3n) is 4.10. The van der Waals surface area contributed by atoms with Crippen LogP contribution in [0.3, 0.4) is 0 Å².